The Kier molecular flexibility index (Phi) is 4.15. The number of nitrogens with one attached hydrogen (secondary N) is 1. The van der Waals surface area contributed by atoms with Crippen molar-refractivity contribution in [2.75, 3.05) is 20.6 Å². The monoisotopic (exact) mass is 369 g/mol. The summed E-state index contributed by atoms with van der Waals surface area (Å²) in [6.07, 6.45) is 2.50. The van der Waals surface area contributed by atoms with Crippen LogP contribution in [0.3, 0.4) is 0 Å². The van der Waals surface area contributed by atoms with Crippen molar-refractivity contribution in [3.63, 3.8) is 0 Å². The maximum Gasteiger partial charge on any atom is 0.240 e. The fraction of sp³-hybridized carbons (Fsp3) is 0.400. The number of fused-ring (bicyclic) bond motifs is 1. The summed E-state index contributed by atoms with van der Waals surface area (Å²) in [5.41, 5.74) is 0.572. The van der Waals surface area contributed by atoms with Gasteiger partial charge in [-0.05, 0) is 31.0 Å². The average Bonchev–Trinajstić information content (AvgIpc) is 3.34. The van der Waals surface area contributed by atoms with Gasteiger partial charge in [0.15, 0.2) is 0 Å². The maximum absolute atomic E-state index is 12.5. The fourth-order valence-electron chi connectivity index (χ4n) is 2.58. The smallest absolute Gasteiger partial charge is 0.240 e. The molecule has 1 fully saturated rings. The van der Waals surface area contributed by atoms with Gasteiger partial charge in [-0.3, -0.25) is 4.98 Å². The van der Waals surface area contributed by atoms with Crippen LogP contribution in [-0.2, 0) is 20.0 Å². The predicted molar refractivity (Wildman–Crippen MR) is 91.5 cm³/mol. The number of hydrogen-bond donors (Lipinski definition) is 1. The van der Waals surface area contributed by atoms with Gasteiger partial charge in [0, 0.05) is 32.2 Å². The van der Waals surface area contributed by atoms with Gasteiger partial charge in [-0.2, -0.15) is 0 Å². The normalized spacial score (nSPS) is 17.3. The Morgan fingerprint density at radius 3 is 2.50 bits per heavy atom. The summed E-state index contributed by atoms with van der Waals surface area (Å²) in [6.45, 7) is -0.129. The van der Waals surface area contributed by atoms with Crippen LogP contribution >= 0.6 is 0 Å². The van der Waals surface area contributed by atoms with Crippen molar-refractivity contribution in [1.82, 2.24) is 14.0 Å². The molecule has 7 nitrogen and oxygen atoms in total. The Morgan fingerprint density at radius 1 is 1.17 bits per heavy atom. The molecule has 0 saturated heterocycles. The van der Waals surface area contributed by atoms with E-state index in [9.17, 15) is 16.8 Å². The molecule has 0 atom stereocenters. The van der Waals surface area contributed by atoms with E-state index < -0.39 is 24.8 Å². The standard InChI is InChI=1S/C15H19N3O4S2/c1-18(2)24(21,22)15(7-8-15)11-17-23(19,20)13-6-5-12-4-3-9-16-14(12)10-13/h3-6,9-10,17H,7-8,11H2,1-2H3. The zero-order valence-corrected chi connectivity index (χ0v) is 15.1. The van der Waals surface area contributed by atoms with E-state index in [0.717, 1.165) is 9.69 Å². The molecule has 0 radical (unpaired) electrons. The van der Waals surface area contributed by atoms with E-state index in [1.165, 1.54) is 26.2 Å². The minimum Gasteiger partial charge on any atom is -0.256 e. The summed E-state index contributed by atoms with van der Waals surface area (Å²) in [4.78, 5) is 4.22. The van der Waals surface area contributed by atoms with E-state index >= 15 is 0 Å². The van der Waals surface area contributed by atoms with E-state index in [2.05, 4.69) is 9.71 Å². The first-order valence-electron chi connectivity index (χ1n) is 7.45. The van der Waals surface area contributed by atoms with Gasteiger partial charge in [0.1, 0.15) is 4.75 Å². The molecular weight excluding hydrogens is 350 g/mol. The van der Waals surface area contributed by atoms with Crippen molar-refractivity contribution >= 4 is 30.9 Å². The molecule has 1 N–H and O–H groups in total. The van der Waals surface area contributed by atoms with Gasteiger partial charge in [-0.1, -0.05) is 12.1 Å². The molecule has 1 aromatic heterocycles. The zero-order valence-electron chi connectivity index (χ0n) is 13.4. The molecule has 9 heteroatoms. The Balaban J connectivity index is 1.84. The average molecular weight is 369 g/mol. The highest BCUT2D eigenvalue weighted by Crippen LogP contribution is 2.44. The highest BCUT2D eigenvalue weighted by Gasteiger charge is 2.55. The first-order valence-corrected chi connectivity index (χ1v) is 10.4. The topological polar surface area (TPSA) is 96.4 Å². The summed E-state index contributed by atoms with van der Waals surface area (Å²) in [5.74, 6) is 0. The number of hydrogen-bond acceptors (Lipinski definition) is 5. The van der Waals surface area contributed by atoms with E-state index in [1.807, 2.05) is 6.07 Å². The Bertz CT molecular complexity index is 981. The largest absolute Gasteiger partial charge is 0.256 e. The molecule has 0 bridgehead atoms. The number of benzene rings is 1. The molecule has 0 unspecified atom stereocenters. The fourth-order valence-corrected chi connectivity index (χ4v) is 5.46. The molecule has 1 aliphatic rings. The third-order valence-corrected chi connectivity index (χ3v) is 8.31. The van der Waals surface area contributed by atoms with E-state index in [0.29, 0.717) is 18.4 Å². The van der Waals surface area contributed by atoms with Crippen molar-refractivity contribution in [1.29, 1.82) is 0 Å². The van der Waals surface area contributed by atoms with Crippen LogP contribution in [0.15, 0.2) is 41.4 Å². The van der Waals surface area contributed by atoms with Gasteiger partial charge in [0.25, 0.3) is 0 Å². The van der Waals surface area contributed by atoms with Crippen molar-refractivity contribution in [2.45, 2.75) is 22.5 Å². The van der Waals surface area contributed by atoms with Gasteiger partial charge >= 0.3 is 0 Å². The molecule has 130 valence electrons. The van der Waals surface area contributed by atoms with Gasteiger partial charge in [0.05, 0.1) is 10.4 Å². The zero-order chi connectivity index (χ0) is 17.6. The van der Waals surface area contributed by atoms with Gasteiger partial charge in [-0.25, -0.2) is 25.9 Å². The highest BCUT2D eigenvalue weighted by atomic mass is 32.2. The lowest BCUT2D eigenvalue weighted by molar-refractivity contribution is 0.498. The maximum atomic E-state index is 12.5. The number of nitrogens with zero attached hydrogens (tertiary/aromatic N) is 2. The minimum atomic E-state index is -3.80. The first-order chi connectivity index (χ1) is 11.2. The van der Waals surface area contributed by atoms with E-state index in [-0.39, 0.29) is 11.4 Å². The van der Waals surface area contributed by atoms with Crippen molar-refractivity contribution < 1.29 is 16.8 Å². The first kappa shape index (κ1) is 17.3. The molecule has 0 spiro atoms. The molecule has 24 heavy (non-hydrogen) atoms. The van der Waals surface area contributed by atoms with Crippen LogP contribution in [0.4, 0.5) is 0 Å². The number of pyridine rings is 1. The Labute approximate surface area is 141 Å². The second-order valence-electron chi connectivity index (χ2n) is 6.15. The van der Waals surface area contributed by atoms with Crippen LogP contribution in [0, 0.1) is 0 Å². The molecule has 1 aliphatic carbocycles. The minimum absolute atomic E-state index is 0.0757. The van der Waals surface area contributed by atoms with Crippen molar-refractivity contribution in [3.8, 4) is 0 Å². The lowest BCUT2D eigenvalue weighted by atomic mass is 10.2. The summed E-state index contributed by atoms with van der Waals surface area (Å²) >= 11 is 0. The summed E-state index contributed by atoms with van der Waals surface area (Å²) in [5, 5.41) is 0.838. The van der Waals surface area contributed by atoms with Crippen LogP contribution in [0.2, 0.25) is 0 Å². The number of sulfonamides is 2. The van der Waals surface area contributed by atoms with Crippen LogP contribution in [-0.4, -0.2) is 51.5 Å². The van der Waals surface area contributed by atoms with Crippen LogP contribution in [0.1, 0.15) is 12.8 Å². The number of rotatable bonds is 6. The third-order valence-electron chi connectivity index (χ3n) is 4.31. The lowest BCUT2D eigenvalue weighted by Gasteiger charge is -2.21. The van der Waals surface area contributed by atoms with Crippen LogP contribution < -0.4 is 4.72 Å². The third kappa shape index (κ3) is 2.92. The summed E-state index contributed by atoms with van der Waals surface area (Å²) in [6, 6.07) is 8.27. The molecule has 0 amide bonds. The van der Waals surface area contributed by atoms with Gasteiger partial charge in [-0.15, -0.1) is 0 Å². The van der Waals surface area contributed by atoms with Gasteiger partial charge in [0.2, 0.25) is 20.0 Å². The summed E-state index contributed by atoms with van der Waals surface area (Å²) < 4.78 is 52.2. The van der Waals surface area contributed by atoms with Crippen LogP contribution in [0.25, 0.3) is 10.9 Å². The predicted octanol–water partition coefficient (Wildman–Crippen LogP) is 0.937. The van der Waals surface area contributed by atoms with Gasteiger partial charge < -0.3 is 0 Å². The van der Waals surface area contributed by atoms with E-state index in [4.69, 9.17) is 0 Å². The molecule has 1 heterocycles. The molecular formula is C15H19N3O4S2. The van der Waals surface area contributed by atoms with Crippen molar-refractivity contribution in [3.05, 3.63) is 36.5 Å². The second-order valence-corrected chi connectivity index (χ2v) is 10.5. The molecule has 0 aliphatic heterocycles. The molecule has 1 aromatic carbocycles. The molecule has 3 rings (SSSR count). The SMILES string of the molecule is CN(C)S(=O)(=O)C1(CNS(=O)(=O)c2ccc3cccnc3c2)CC1. The summed E-state index contributed by atoms with van der Waals surface area (Å²) in [7, 11) is -4.40. The highest BCUT2D eigenvalue weighted by molar-refractivity contribution is 7.91. The van der Waals surface area contributed by atoms with Crippen LogP contribution in [0.5, 0.6) is 0 Å². The quantitative estimate of drug-likeness (QED) is 0.817. The molecule has 2 aromatic rings. The second kappa shape index (κ2) is 5.76. The van der Waals surface area contributed by atoms with E-state index in [1.54, 1.807) is 18.3 Å². The lowest BCUT2D eigenvalue weighted by Crippen LogP contribution is -2.43. The molecule has 1 saturated carbocycles. The Hall–Kier alpha value is -1.55. The number of aromatic nitrogens is 1. The van der Waals surface area contributed by atoms with Crippen molar-refractivity contribution in [2.24, 2.45) is 0 Å². The Morgan fingerprint density at radius 2 is 1.88 bits per heavy atom.